The van der Waals surface area contributed by atoms with E-state index in [-0.39, 0.29) is 17.1 Å². The van der Waals surface area contributed by atoms with Gasteiger partial charge in [0.05, 0.1) is 0 Å². The van der Waals surface area contributed by atoms with Crippen molar-refractivity contribution in [2.45, 2.75) is 13.5 Å². The lowest BCUT2D eigenvalue weighted by Crippen LogP contribution is -2.22. The third-order valence-electron chi connectivity index (χ3n) is 2.82. The highest BCUT2D eigenvalue weighted by Gasteiger charge is 2.15. The molecule has 2 aromatic carbocycles. The lowest BCUT2D eigenvalue weighted by molar-refractivity contribution is 0.0945. The van der Waals surface area contributed by atoms with Crippen LogP contribution >= 0.6 is 0 Å². The second kappa shape index (κ2) is 5.44. The van der Waals surface area contributed by atoms with Crippen molar-refractivity contribution in [3.05, 3.63) is 59.2 Å². The normalized spacial score (nSPS) is 10.2. The van der Waals surface area contributed by atoms with Crippen molar-refractivity contribution in [2.75, 3.05) is 0 Å². The number of hydrogen-bond acceptors (Lipinski definition) is 3. The summed E-state index contributed by atoms with van der Waals surface area (Å²) in [4.78, 5) is 11.9. The third kappa shape index (κ3) is 3.04. The van der Waals surface area contributed by atoms with Crippen molar-refractivity contribution < 1.29 is 15.0 Å². The number of phenolic OH excluding ortho intramolecular Hbond substituents is 2. The molecule has 0 spiro atoms. The Morgan fingerprint density at radius 2 is 1.63 bits per heavy atom. The molecule has 19 heavy (non-hydrogen) atoms. The summed E-state index contributed by atoms with van der Waals surface area (Å²) in [5.41, 5.74) is 2.00. The summed E-state index contributed by atoms with van der Waals surface area (Å²) in [6.07, 6.45) is 0. The van der Waals surface area contributed by atoms with Crippen LogP contribution in [0.3, 0.4) is 0 Å². The van der Waals surface area contributed by atoms with Gasteiger partial charge in [-0.05, 0) is 24.6 Å². The quantitative estimate of drug-likeness (QED) is 0.790. The van der Waals surface area contributed by atoms with Crippen LogP contribution in [0.1, 0.15) is 21.5 Å². The van der Waals surface area contributed by atoms with Crippen molar-refractivity contribution in [1.29, 1.82) is 0 Å². The summed E-state index contributed by atoms with van der Waals surface area (Å²) >= 11 is 0. The molecule has 0 bridgehead atoms. The van der Waals surface area contributed by atoms with Crippen molar-refractivity contribution in [1.82, 2.24) is 5.32 Å². The van der Waals surface area contributed by atoms with E-state index in [2.05, 4.69) is 5.32 Å². The molecule has 0 unspecified atom stereocenters. The maximum Gasteiger partial charge on any atom is 0.259 e. The summed E-state index contributed by atoms with van der Waals surface area (Å²) in [7, 11) is 0. The molecule has 1 amide bonds. The maximum absolute atomic E-state index is 11.9. The minimum absolute atomic E-state index is 0.102. The largest absolute Gasteiger partial charge is 0.507 e. The average molecular weight is 257 g/mol. The van der Waals surface area contributed by atoms with E-state index in [0.29, 0.717) is 6.54 Å². The van der Waals surface area contributed by atoms with Crippen molar-refractivity contribution in [3.63, 3.8) is 0 Å². The number of aryl methyl sites for hydroxylation is 1. The van der Waals surface area contributed by atoms with E-state index in [1.807, 2.05) is 31.2 Å². The number of nitrogens with one attached hydrogen (secondary N) is 1. The van der Waals surface area contributed by atoms with Gasteiger partial charge in [0.15, 0.2) is 0 Å². The molecule has 0 aromatic heterocycles. The maximum atomic E-state index is 11.9. The predicted molar refractivity (Wildman–Crippen MR) is 72.1 cm³/mol. The van der Waals surface area contributed by atoms with Gasteiger partial charge in [0.2, 0.25) is 0 Å². The van der Waals surface area contributed by atoms with Crippen molar-refractivity contribution in [3.8, 4) is 11.5 Å². The van der Waals surface area contributed by atoms with Crippen LogP contribution in [-0.4, -0.2) is 16.1 Å². The molecule has 0 radical (unpaired) electrons. The summed E-state index contributed by atoms with van der Waals surface area (Å²) in [5.74, 6) is -0.973. The molecular formula is C15H15NO3. The first-order chi connectivity index (χ1) is 9.08. The zero-order valence-corrected chi connectivity index (χ0v) is 10.6. The van der Waals surface area contributed by atoms with Crippen LogP contribution in [-0.2, 0) is 6.54 Å². The van der Waals surface area contributed by atoms with Gasteiger partial charge in [-0.25, -0.2) is 0 Å². The Balaban J connectivity index is 2.07. The topological polar surface area (TPSA) is 69.6 Å². The summed E-state index contributed by atoms with van der Waals surface area (Å²) in [6, 6.07) is 11.9. The first kappa shape index (κ1) is 13.0. The molecule has 0 aliphatic carbocycles. The predicted octanol–water partition coefficient (Wildman–Crippen LogP) is 2.34. The van der Waals surface area contributed by atoms with E-state index in [9.17, 15) is 15.0 Å². The second-order valence-electron chi connectivity index (χ2n) is 4.34. The lowest BCUT2D eigenvalue weighted by atomic mass is 10.1. The molecule has 0 fully saturated rings. The Morgan fingerprint density at radius 3 is 2.21 bits per heavy atom. The average Bonchev–Trinajstić information content (AvgIpc) is 2.38. The van der Waals surface area contributed by atoms with Gasteiger partial charge in [-0.2, -0.15) is 0 Å². The molecule has 0 saturated carbocycles. The minimum Gasteiger partial charge on any atom is -0.507 e. The van der Waals surface area contributed by atoms with Crippen LogP contribution in [0, 0.1) is 6.92 Å². The molecule has 3 N–H and O–H groups in total. The lowest BCUT2D eigenvalue weighted by Gasteiger charge is -2.08. The molecule has 0 aliphatic rings. The second-order valence-corrected chi connectivity index (χ2v) is 4.34. The van der Waals surface area contributed by atoms with Crippen LogP contribution in [0.25, 0.3) is 0 Å². The first-order valence-corrected chi connectivity index (χ1v) is 5.92. The molecule has 0 heterocycles. The number of carbonyl (C=O) groups excluding carboxylic acids is 1. The van der Waals surface area contributed by atoms with Crippen LogP contribution in [0.5, 0.6) is 11.5 Å². The van der Waals surface area contributed by atoms with Gasteiger partial charge in [0, 0.05) is 6.54 Å². The van der Waals surface area contributed by atoms with Gasteiger partial charge < -0.3 is 15.5 Å². The van der Waals surface area contributed by atoms with Gasteiger partial charge in [-0.1, -0.05) is 35.9 Å². The van der Waals surface area contributed by atoms with Gasteiger partial charge in [0.1, 0.15) is 17.1 Å². The zero-order chi connectivity index (χ0) is 13.8. The highest BCUT2D eigenvalue weighted by atomic mass is 16.3. The molecule has 0 atom stereocenters. The fraction of sp³-hybridized carbons (Fsp3) is 0.133. The highest BCUT2D eigenvalue weighted by molar-refractivity contribution is 5.99. The number of hydrogen-bond donors (Lipinski definition) is 3. The summed E-state index contributed by atoms with van der Waals surface area (Å²) < 4.78 is 0. The number of carbonyl (C=O) groups is 1. The van der Waals surface area contributed by atoms with Crippen LogP contribution in [0.4, 0.5) is 0 Å². The van der Waals surface area contributed by atoms with Crippen LogP contribution in [0.2, 0.25) is 0 Å². The monoisotopic (exact) mass is 257 g/mol. The Labute approximate surface area is 111 Å². The van der Waals surface area contributed by atoms with Crippen molar-refractivity contribution >= 4 is 5.91 Å². The van der Waals surface area contributed by atoms with Crippen LogP contribution < -0.4 is 5.32 Å². The molecular weight excluding hydrogens is 242 g/mol. The number of rotatable bonds is 3. The number of benzene rings is 2. The molecule has 4 heteroatoms. The Morgan fingerprint density at radius 1 is 1.05 bits per heavy atom. The SMILES string of the molecule is Cc1ccc(CNC(=O)c2c(O)cccc2O)cc1. The van der Waals surface area contributed by atoms with Crippen LogP contribution in [0.15, 0.2) is 42.5 Å². The molecule has 0 aliphatic heterocycles. The molecule has 98 valence electrons. The van der Waals surface area contributed by atoms with E-state index in [4.69, 9.17) is 0 Å². The zero-order valence-electron chi connectivity index (χ0n) is 10.6. The smallest absolute Gasteiger partial charge is 0.259 e. The molecule has 4 nitrogen and oxygen atoms in total. The van der Waals surface area contributed by atoms with E-state index < -0.39 is 5.91 Å². The molecule has 2 rings (SSSR count). The van der Waals surface area contributed by atoms with Gasteiger partial charge in [-0.15, -0.1) is 0 Å². The van der Waals surface area contributed by atoms with Gasteiger partial charge in [-0.3, -0.25) is 4.79 Å². The van der Waals surface area contributed by atoms with E-state index in [1.54, 1.807) is 0 Å². The summed E-state index contributed by atoms with van der Waals surface area (Å²) in [5, 5.41) is 21.8. The van der Waals surface area contributed by atoms with E-state index in [1.165, 1.54) is 18.2 Å². The Kier molecular flexibility index (Phi) is 3.71. The van der Waals surface area contributed by atoms with E-state index >= 15 is 0 Å². The van der Waals surface area contributed by atoms with E-state index in [0.717, 1.165) is 11.1 Å². The standard InChI is InChI=1S/C15H15NO3/c1-10-5-7-11(8-6-10)9-16-15(19)14-12(17)3-2-4-13(14)18/h2-8,17-18H,9H2,1H3,(H,16,19). The minimum atomic E-state index is -0.504. The highest BCUT2D eigenvalue weighted by Crippen LogP contribution is 2.25. The van der Waals surface area contributed by atoms with Gasteiger partial charge in [0.25, 0.3) is 5.91 Å². The Bertz CT molecular complexity index is 571. The molecule has 2 aromatic rings. The summed E-state index contributed by atoms with van der Waals surface area (Å²) in [6.45, 7) is 2.33. The van der Waals surface area contributed by atoms with Crippen molar-refractivity contribution in [2.24, 2.45) is 0 Å². The van der Waals surface area contributed by atoms with Gasteiger partial charge >= 0.3 is 0 Å². The Hall–Kier alpha value is -2.49. The molecule has 0 saturated heterocycles. The number of aromatic hydroxyl groups is 2. The number of amides is 1. The third-order valence-corrected chi connectivity index (χ3v) is 2.82. The fourth-order valence-corrected chi connectivity index (χ4v) is 1.74. The fourth-order valence-electron chi connectivity index (χ4n) is 1.74. The first-order valence-electron chi connectivity index (χ1n) is 5.92. The number of phenols is 2.